The Balaban J connectivity index is 2.40. The van der Waals surface area contributed by atoms with Crippen LogP contribution >= 0.6 is 0 Å². The number of sulfonamides is 1. The third-order valence-corrected chi connectivity index (χ3v) is 3.14. The maximum Gasteiger partial charge on any atom is 0.387 e. The first-order valence-electron chi connectivity index (χ1n) is 5.62. The molecule has 1 aromatic carbocycles. The lowest BCUT2D eigenvalue weighted by Crippen LogP contribution is -2.22. The number of alkyl halides is 2. The molecule has 5 nitrogen and oxygen atoms in total. The molecule has 1 aromatic rings. The van der Waals surface area contributed by atoms with E-state index in [2.05, 4.69) is 10.1 Å². The predicted octanol–water partition coefficient (Wildman–Crippen LogP) is 1.06. The molecule has 0 unspecified atom stereocenters. The molecule has 19 heavy (non-hydrogen) atoms. The molecule has 8 heteroatoms. The summed E-state index contributed by atoms with van der Waals surface area (Å²) in [6.45, 7) is -2.14. The number of primary sulfonamides is 1. The van der Waals surface area contributed by atoms with Crippen molar-refractivity contribution in [2.45, 2.75) is 19.6 Å². The third-order valence-electron chi connectivity index (χ3n) is 2.29. The number of halogens is 2. The normalized spacial score (nSPS) is 11.8. The average Bonchev–Trinajstić information content (AvgIpc) is 2.28. The summed E-state index contributed by atoms with van der Waals surface area (Å²) < 4.78 is 50.0. The van der Waals surface area contributed by atoms with Gasteiger partial charge in [-0.05, 0) is 19.0 Å². The van der Waals surface area contributed by atoms with Gasteiger partial charge in [0.2, 0.25) is 10.0 Å². The van der Waals surface area contributed by atoms with E-state index in [4.69, 9.17) is 5.14 Å². The summed E-state index contributed by atoms with van der Waals surface area (Å²) in [7, 11) is -3.46. The van der Waals surface area contributed by atoms with E-state index in [0.29, 0.717) is 25.1 Å². The van der Waals surface area contributed by atoms with Gasteiger partial charge in [0.1, 0.15) is 5.75 Å². The van der Waals surface area contributed by atoms with E-state index >= 15 is 0 Å². The lowest BCUT2D eigenvalue weighted by atomic mass is 10.2. The largest absolute Gasteiger partial charge is 0.434 e. The van der Waals surface area contributed by atoms with E-state index < -0.39 is 16.6 Å². The SMILES string of the molecule is NS(=O)(=O)CCCNCc1ccccc1OC(F)F. The van der Waals surface area contributed by atoms with E-state index in [-0.39, 0.29) is 11.5 Å². The number of ether oxygens (including phenoxy) is 1. The van der Waals surface area contributed by atoms with E-state index in [1.54, 1.807) is 18.2 Å². The second kappa shape index (κ2) is 7.37. The fourth-order valence-electron chi connectivity index (χ4n) is 1.48. The van der Waals surface area contributed by atoms with Gasteiger partial charge in [0.15, 0.2) is 0 Å². The van der Waals surface area contributed by atoms with Gasteiger partial charge in [0.25, 0.3) is 0 Å². The van der Waals surface area contributed by atoms with Crippen LogP contribution in [0, 0.1) is 0 Å². The average molecular weight is 294 g/mol. The Labute approximate surface area is 110 Å². The molecule has 0 fully saturated rings. The number of hydrogen-bond donors (Lipinski definition) is 2. The molecule has 0 aliphatic rings. The molecule has 0 amide bonds. The molecule has 0 radical (unpaired) electrons. The molecule has 0 aromatic heterocycles. The Kier molecular flexibility index (Phi) is 6.13. The summed E-state index contributed by atoms with van der Waals surface area (Å²) in [5.74, 6) is -0.00807. The first kappa shape index (κ1) is 15.8. The van der Waals surface area contributed by atoms with Crippen molar-refractivity contribution in [3.05, 3.63) is 29.8 Å². The smallest absolute Gasteiger partial charge is 0.387 e. The van der Waals surface area contributed by atoms with Gasteiger partial charge < -0.3 is 10.1 Å². The van der Waals surface area contributed by atoms with Gasteiger partial charge in [-0.2, -0.15) is 8.78 Å². The number of nitrogens with two attached hydrogens (primary N) is 1. The summed E-state index contributed by atoms with van der Waals surface area (Å²) >= 11 is 0. The van der Waals surface area contributed by atoms with Gasteiger partial charge in [-0.25, -0.2) is 13.6 Å². The lowest BCUT2D eigenvalue weighted by molar-refractivity contribution is -0.0504. The van der Waals surface area contributed by atoms with E-state index in [0.717, 1.165) is 0 Å². The Morgan fingerprint density at radius 3 is 2.63 bits per heavy atom. The van der Waals surface area contributed by atoms with Crippen molar-refractivity contribution in [1.29, 1.82) is 0 Å². The van der Waals surface area contributed by atoms with Crippen molar-refractivity contribution in [2.24, 2.45) is 5.14 Å². The highest BCUT2D eigenvalue weighted by Crippen LogP contribution is 2.19. The van der Waals surface area contributed by atoms with Crippen LogP contribution in [0.1, 0.15) is 12.0 Å². The summed E-state index contributed by atoms with van der Waals surface area (Å²) in [6, 6.07) is 6.42. The molecule has 0 atom stereocenters. The van der Waals surface area contributed by atoms with Crippen LogP contribution in [0.25, 0.3) is 0 Å². The van der Waals surface area contributed by atoms with E-state index in [1.807, 2.05) is 0 Å². The molecular weight excluding hydrogens is 278 g/mol. The summed E-state index contributed by atoms with van der Waals surface area (Å²) in [5, 5.41) is 7.79. The summed E-state index contributed by atoms with van der Waals surface area (Å²) in [6.07, 6.45) is 0.358. The van der Waals surface area contributed by atoms with Crippen molar-refractivity contribution in [1.82, 2.24) is 5.32 Å². The molecule has 3 N–H and O–H groups in total. The van der Waals surface area contributed by atoms with Crippen LogP contribution in [-0.2, 0) is 16.6 Å². The van der Waals surface area contributed by atoms with Crippen molar-refractivity contribution >= 4 is 10.0 Å². The Morgan fingerprint density at radius 2 is 2.00 bits per heavy atom. The monoisotopic (exact) mass is 294 g/mol. The maximum atomic E-state index is 12.2. The zero-order valence-corrected chi connectivity index (χ0v) is 11.0. The summed E-state index contributed by atoms with van der Waals surface area (Å²) in [4.78, 5) is 0. The Morgan fingerprint density at radius 1 is 1.32 bits per heavy atom. The van der Waals surface area contributed by atoms with E-state index in [9.17, 15) is 17.2 Å². The maximum absolute atomic E-state index is 12.2. The number of para-hydroxylation sites is 1. The standard InChI is InChI=1S/C11H16F2N2O3S/c12-11(13)18-10-5-2-1-4-9(10)8-15-6-3-7-19(14,16)17/h1-2,4-5,11,15H,3,6-8H2,(H2,14,16,17). The zero-order valence-electron chi connectivity index (χ0n) is 10.2. The van der Waals surface area contributed by atoms with Crippen LogP contribution in [0.5, 0.6) is 5.75 Å². The predicted molar refractivity (Wildman–Crippen MR) is 67.4 cm³/mol. The molecule has 108 valence electrons. The fraction of sp³-hybridized carbons (Fsp3) is 0.455. The Hall–Kier alpha value is -1.25. The molecule has 0 heterocycles. The number of nitrogens with one attached hydrogen (secondary N) is 1. The number of rotatable bonds is 8. The first-order chi connectivity index (χ1) is 8.88. The second-order valence-electron chi connectivity index (χ2n) is 3.88. The first-order valence-corrected chi connectivity index (χ1v) is 7.34. The number of hydrogen-bond acceptors (Lipinski definition) is 4. The highest BCUT2D eigenvalue weighted by atomic mass is 32.2. The highest BCUT2D eigenvalue weighted by Gasteiger charge is 2.08. The molecule has 0 aliphatic carbocycles. The highest BCUT2D eigenvalue weighted by molar-refractivity contribution is 7.89. The molecule has 1 rings (SSSR count). The second-order valence-corrected chi connectivity index (χ2v) is 5.62. The van der Waals surface area contributed by atoms with E-state index in [1.165, 1.54) is 6.07 Å². The molecule has 0 spiro atoms. The van der Waals surface area contributed by atoms with Gasteiger partial charge in [-0.15, -0.1) is 0 Å². The minimum atomic E-state index is -3.46. The quantitative estimate of drug-likeness (QED) is 0.702. The van der Waals surface area contributed by atoms with Crippen LogP contribution in [0.3, 0.4) is 0 Å². The van der Waals surface area contributed by atoms with Gasteiger partial charge in [-0.3, -0.25) is 0 Å². The van der Waals surface area contributed by atoms with Crippen LogP contribution in [0.2, 0.25) is 0 Å². The van der Waals surface area contributed by atoms with Crippen LogP contribution in [0.15, 0.2) is 24.3 Å². The van der Waals surface area contributed by atoms with Gasteiger partial charge >= 0.3 is 6.61 Å². The molecule has 0 saturated carbocycles. The topological polar surface area (TPSA) is 81.4 Å². The van der Waals surface area contributed by atoms with Crippen LogP contribution < -0.4 is 15.2 Å². The van der Waals surface area contributed by atoms with Gasteiger partial charge in [-0.1, -0.05) is 18.2 Å². The minimum Gasteiger partial charge on any atom is -0.434 e. The van der Waals surface area contributed by atoms with Crippen molar-refractivity contribution in [3.63, 3.8) is 0 Å². The molecule has 0 saturated heterocycles. The van der Waals surface area contributed by atoms with Crippen LogP contribution in [-0.4, -0.2) is 27.3 Å². The minimum absolute atomic E-state index is 0.108. The summed E-state index contributed by atoms with van der Waals surface area (Å²) in [5.41, 5.74) is 0.582. The van der Waals surface area contributed by atoms with Crippen LogP contribution in [0.4, 0.5) is 8.78 Å². The Bertz CT molecular complexity index is 494. The van der Waals surface area contributed by atoms with Gasteiger partial charge in [0.05, 0.1) is 5.75 Å². The zero-order chi connectivity index (χ0) is 14.3. The molecule has 0 bridgehead atoms. The van der Waals surface area contributed by atoms with Crippen molar-refractivity contribution in [2.75, 3.05) is 12.3 Å². The lowest BCUT2D eigenvalue weighted by Gasteiger charge is -2.11. The fourth-order valence-corrected chi connectivity index (χ4v) is 2.03. The third kappa shape index (κ3) is 7.04. The number of benzene rings is 1. The van der Waals surface area contributed by atoms with Crippen molar-refractivity contribution < 1.29 is 21.9 Å². The van der Waals surface area contributed by atoms with Crippen molar-refractivity contribution in [3.8, 4) is 5.75 Å². The van der Waals surface area contributed by atoms with Gasteiger partial charge in [0, 0.05) is 12.1 Å². The molecule has 0 aliphatic heterocycles. The molecular formula is C11H16F2N2O3S.